The Balaban J connectivity index is 2.02. The van der Waals surface area contributed by atoms with Crippen LogP contribution in [0.5, 0.6) is 0 Å². The third kappa shape index (κ3) is 6.52. The minimum Gasteiger partial charge on any atom is -0.465 e. The number of rotatable bonds is 7. The molecule has 0 heterocycles. The summed E-state index contributed by atoms with van der Waals surface area (Å²) in [6, 6.07) is 10.2. The molecule has 5 nitrogen and oxygen atoms in total. The number of nitrogens with one attached hydrogen (secondary N) is 2. The van der Waals surface area contributed by atoms with Gasteiger partial charge in [-0.3, -0.25) is 4.79 Å². The first-order valence-corrected chi connectivity index (χ1v) is 5.96. The van der Waals surface area contributed by atoms with Gasteiger partial charge in [0, 0.05) is 6.54 Å². The first-order valence-electron chi connectivity index (χ1n) is 5.96. The second kappa shape index (κ2) is 8.11. The van der Waals surface area contributed by atoms with Gasteiger partial charge in [-0.1, -0.05) is 30.3 Å². The largest absolute Gasteiger partial charge is 0.465 e. The number of benzene rings is 1. The van der Waals surface area contributed by atoms with Crippen molar-refractivity contribution in [1.29, 1.82) is 0 Å². The van der Waals surface area contributed by atoms with E-state index in [1.165, 1.54) is 5.56 Å². The lowest BCUT2D eigenvalue weighted by atomic mass is 10.1. The number of unbranched alkanes of at least 4 members (excludes halogenated alkanes) is 1. The van der Waals surface area contributed by atoms with Gasteiger partial charge >= 0.3 is 6.09 Å². The van der Waals surface area contributed by atoms with Gasteiger partial charge in [0.25, 0.3) is 0 Å². The maximum atomic E-state index is 11.1. The van der Waals surface area contributed by atoms with Crippen LogP contribution in [0.1, 0.15) is 18.4 Å². The van der Waals surface area contributed by atoms with Crippen LogP contribution in [0.15, 0.2) is 30.3 Å². The molecule has 0 saturated heterocycles. The zero-order valence-electron chi connectivity index (χ0n) is 10.2. The fraction of sp³-hybridized carbons (Fsp3) is 0.385. The minimum atomic E-state index is -1.19. The summed E-state index contributed by atoms with van der Waals surface area (Å²) >= 11 is 0. The molecule has 5 heteroatoms. The molecule has 1 aromatic rings. The highest BCUT2D eigenvalue weighted by molar-refractivity contribution is 5.81. The van der Waals surface area contributed by atoms with Crippen molar-refractivity contribution < 1.29 is 14.7 Å². The van der Waals surface area contributed by atoms with E-state index in [1.54, 1.807) is 0 Å². The SMILES string of the molecule is O=C(O)NCC(=O)NCCCCc1ccccc1. The maximum Gasteiger partial charge on any atom is 0.405 e. The third-order valence-electron chi connectivity index (χ3n) is 2.46. The highest BCUT2D eigenvalue weighted by atomic mass is 16.4. The van der Waals surface area contributed by atoms with Gasteiger partial charge in [0.1, 0.15) is 0 Å². The summed E-state index contributed by atoms with van der Waals surface area (Å²) in [4.78, 5) is 21.3. The first-order chi connectivity index (χ1) is 8.68. The van der Waals surface area contributed by atoms with E-state index in [0.29, 0.717) is 6.54 Å². The van der Waals surface area contributed by atoms with Crippen LogP contribution in [0.3, 0.4) is 0 Å². The molecule has 2 amide bonds. The van der Waals surface area contributed by atoms with Crippen molar-refractivity contribution in [1.82, 2.24) is 10.6 Å². The Bertz CT molecular complexity index is 379. The number of carboxylic acid groups (broad SMARTS) is 1. The Kier molecular flexibility index (Phi) is 6.32. The van der Waals surface area contributed by atoms with Gasteiger partial charge < -0.3 is 15.7 Å². The molecule has 0 aliphatic carbocycles. The summed E-state index contributed by atoms with van der Waals surface area (Å²) in [5.74, 6) is -0.294. The average Bonchev–Trinajstić information content (AvgIpc) is 2.37. The normalized spacial score (nSPS) is 9.78. The Morgan fingerprint density at radius 3 is 2.44 bits per heavy atom. The van der Waals surface area contributed by atoms with E-state index in [-0.39, 0.29) is 12.5 Å². The maximum absolute atomic E-state index is 11.1. The molecule has 3 N–H and O–H groups in total. The zero-order valence-corrected chi connectivity index (χ0v) is 10.2. The molecule has 0 spiro atoms. The fourth-order valence-electron chi connectivity index (χ4n) is 1.55. The zero-order chi connectivity index (χ0) is 13.2. The summed E-state index contributed by atoms with van der Waals surface area (Å²) < 4.78 is 0. The molecule has 98 valence electrons. The quantitative estimate of drug-likeness (QED) is 0.640. The number of hydrogen-bond acceptors (Lipinski definition) is 2. The molecular formula is C13H18N2O3. The Hall–Kier alpha value is -2.04. The van der Waals surface area contributed by atoms with Gasteiger partial charge in [-0.15, -0.1) is 0 Å². The van der Waals surface area contributed by atoms with Crippen molar-refractivity contribution in [2.75, 3.05) is 13.1 Å². The van der Waals surface area contributed by atoms with Crippen molar-refractivity contribution in [2.45, 2.75) is 19.3 Å². The van der Waals surface area contributed by atoms with Crippen LogP contribution >= 0.6 is 0 Å². The summed E-state index contributed by atoms with van der Waals surface area (Å²) in [5, 5.41) is 13.0. The molecule has 18 heavy (non-hydrogen) atoms. The van der Waals surface area contributed by atoms with Crippen molar-refractivity contribution in [3.8, 4) is 0 Å². The Morgan fingerprint density at radius 2 is 1.78 bits per heavy atom. The van der Waals surface area contributed by atoms with Crippen LogP contribution in [-0.2, 0) is 11.2 Å². The van der Waals surface area contributed by atoms with Crippen molar-refractivity contribution >= 4 is 12.0 Å². The number of hydrogen-bond donors (Lipinski definition) is 3. The molecule has 0 saturated carbocycles. The molecule has 0 radical (unpaired) electrons. The number of aryl methyl sites for hydroxylation is 1. The molecule has 0 atom stereocenters. The summed E-state index contributed by atoms with van der Waals surface area (Å²) in [7, 11) is 0. The van der Waals surface area contributed by atoms with E-state index in [9.17, 15) is 9.59 Å². The Labute approximate surface area is 106 Å². The highest BCUT2D eigenvalue weighted by Crippen LogP contribution is 2.03. The molecule has 0 aromatic heterocycles. The lowest BCUT2D eigenvalue weighted by Crippen LogP contribution is -2.36. The fourth-order valence-corrected chi connectivity index (χ4v) is 1.55. The molecule has 1 rings (SSSR count). The van der Waals surface area contributed by atoms with Crippen LogP contribution in [-0.4, -0.2) is 30.2 Å². The lowest BCUT2D eigenvalue weighted by Gasteiger charge is -2.05. The van der Waals surface area contributed by atoms with E-state index >= 15 is 0 Å². The van der Waals surface area contributed by atoms with Gasteiger partial charge in [-0.2, -0.15) is 0 Å². The molecule has 0 unspecified atom stereocenters. The molecule has 1 aromatic carbocycles. The average molecular weight is 250 g/mol. The van der Waals surface area contributed by atoms with Crippen LogP contribution in [0.4, 0.5) is 4.79 Å². The molecule has 0 aliphatic heterocycles. The van der Waals surface area contributed by atoms with Crippen molar-refractivity contribution in [2.24, 2.45) is 0 Å². The molecule has 0 fully saturated rings. The number of amides is 2. The monoisotopic (exact) mass is 250 g/mol. The molecule has 0 aliphatic rings. The van der Waals surface area contributed by atoms with E-state index in [1.807, 2.05) is 23.5 Å². The molecule has 0 bridgehead atoms. The van der Waals surface area contributed by atoms with Gasteiger partial charge in [-0.05, 0) is 24.8 Å². The first kappa shape index (κ1) is 14.0. The van der Waals surface area contributed by atoms with Crippen LogP contribution in [0, 0.1) is 0 Å². The summed E-state index contributed by atoms with van der Waals surface area (Å²) in [5.41, 5.74) is 1.29. The van der Waals surface area contributed by atoms with Crippen LogP contribution < -0.4 is 10.6 Å². The van der Waals surface area contributed by atoms with Gasteiger partial charge in [0.05, 0.1) is 6.54 Å². The standard InChI is InChI=1S/C13H18N2O3/c16-12(10-15-13(17)18)14-9-5-4-8-11-6-2-1-3-7-11/h1-3,6-7,15H,4-5,8-10H2,(H,14,16)(H,17,18). The van der Waals surface area contributed by atoms with Gasteiger partial charge in [-0.25, -0.2) is 4.79 Å². The minimum absolute atomic E-state index is 0.186. The second-order valence-electron chi connectivity index (χ2n) is 3.95. The lowest BCUT2D eigenvalue weighted by molar-refractivity contribution is -0.120. The smallest absolute Gasteiger partial charge is 0.405 e. The topological polar surface area (TPSA) is 78.4 Å². The Morgan fingerprint density at radius 1 is 1.06 bits per heavy atom. The van der Waals surface area contributed by atoms with E-state index in [2.05, 4.69) is 17.4 Å². The van der Waals surface area contributed by atoms with Crippen LogP contribution in [0.25, 0.3) is 0 Å². The van der Waals surface area contributed by atoms with Crippen molar-refractivity contribution in [3.63, 3.8) is 0 Å². The second-order valence-corrected chi connectivity index (χ2v) is 3.95. The predicted molar refractivity (Wildman–Crippen MR) is 68.4 cm³/mol. The van der Waals surface area contributed by atoms with E-state index in [4.69, 9.17) is 5.11 Å². The van der Waals surface area contributed by atoms with Gasteiger partial charge in [0.15, 0.2) is 0 Å². The van der Waals surface area contributed by atoms with E-state index in [0.717, 1.165) is 19.3 Å². The van der Waals surface area contributed by atoms with Gasteiger partial charge in [0.2, 0.25) is 5.91 Å². The van der Waals surface area contributed by atoms with E-state index < -0.39 is 6.09 Å². The summed E-state index contributed by atoms with van der Waals surface area (Å²) in [6.07, 6.45) is 1.68. The van der Waals surface area contributed by atoms with Crippen molar-refractivity contribution in [3.05, 3.63) is 35.9 Å². The third-order valence-corrected chi connectivity index (χ3v) is 2.46. The predicted octanol–water partition coefficient (Wildman–Crippen LogP) is 1.39. The van der Waals surface area contributed by atoms with Crippen LogP contribution in [0.2, 0.25) is 0 Å². The molecular weight excluding hydrogens is 232 g/mol. The number of carbonyl (C=O) groups excluding carboxylic acids is 1. The summed E-state index contributed by atoms with van der Waals surface area (Å²) in [6.45, 7) is 0.390. The highest BCUT2D eigenvalue weighted by Gasteiger charge is 2.02. The number of carbonyl (C=O) groups is 2.